The molecule has 1 saturated carbocycles. The molecule has 128 valence electrons. The molecule has 0 amide bonds. The van der Waals surface area contributed by atoms with Crippen molar-refractivity contribution in [2.45, 2.75) is 51.1 Å². The fourth-order valence-electron chi connectivity index (χ4n) is 3.74. The zero-order valence-corrected chi connectivity index (χ0v) is 14.9. The Hall–Kier alpha value is -2.35. The molecule has 2 heteroatoms. The van der Waals surface area contributed by atoms with Crippen LogP contribution in [0.1, 0.15) is 54.4 Å². The van der Waals surface area contributed by atoms with Gasteiger partial charge in [-0.1, -0.05) is 48.5 Å². The topological polar surface area (TPSA) is 27.1 Å². The molecule has 0 bridgehead atoms. The molecule has 1 heterocycles. The van der Waals surface area contributed by atoms with Gasteiger partial charge in [-0.15, -0.1) is 0 Å². The van der Waals surface area contributed by atoms with E-state index in [0.29, 0.717) is 6.04 Å². The Bertz CT molecular complexity index is 801. The van der Waals surface area contributed by atoms with Crippen molar-refractivity contribution in [3.8, 4) is 0 Å². The number of rotatable bonds is 6. The van der Waals surface area contributed by atoms with E-state index in [-0.39, 0.29) is 0 Å². The highest BCUT2D eigenvalue weighted by Crippen LogP contribution is 2.40. The minimum Gasteiger partial charge on any atom is -0.370 e. The van der Waals surface area contributed by atoms with Crippen LogP contribution in [0.4, 0.5) is 0 Å². The normalized spacial score (nSPS) is 17.2. The number of benzene rings is 2. The molecule has 0 aromatic heterocycles. The SMILES string of the molecule is CC(CC(=N)Cc1cccc(C2CC2)c1)N1C=Cc2ccccc2C1. The van der Waals surface area contributed by atoms with Gasteiger partial charge in [0, 0.05) is 37.3 Å². The van der Waals surface area contributed by atoms with Crippen LogP contribution in [0.3, 0.4) is 0 Å². The third-order valence-corrected chi connectivity index (χ3v) is 5.38. The molecular formula is C23H26N2. The Morgan fingerprint density at radius 2 is 2.00 bits per heavy atom. The first-order chi connectivity index (χ1) is 12.2. The van der Waals surface area contributed by atoms with E-state index in [1.807, 2.05) is 0 Å². The molecule has 4 rings (SSSR count). The minimum absolute atomic E-state index is 0.351. The lowest BCUT2D eigenvalue weighted by Crippen LogP contribution is -2.31. The van der Waals surface area contributed by atoms with Crippen molar-refractivity contribution >= 4 is 11.8 Å². The van der Waals surface area contributed by atoms with E-state index in [0.717, 1.165) is 31.0 Å². The van der Waals surface area contributed by atoms with Crippen LogP contribution in [0.5, 0.6) is 0 Å². The lowest BCUT2D eigenvalue weighted by atomic mass is 9.98. The molecule has 1 atom stereocenters. The summed E-state index contributed by atoms with van der Waals surface area (Å²) < 4.78 is 0. The Labute approximate surface area is 150 Å². The number of hydrogen-bond acceptors (Lipinski definition) is 2. The molecule has 1 aliphatic carbocycles. The van der Waals surface area contributed by atoms with Crippen LogP contribution in [0.25, 0.3) is 6.08 Å². The van der Waals surface area contributed by atoms with Gasteiger partial charge in [-0.05, 0) is 54.0 Å². The van der Waals surface area contributed by atoms with E-state index in [1.54, 1.807) is 0 Å². The summed E-state index contributed by atoms with van der Waals surface area (Å²) in [7, 11) is 0. The van der Waals surface area contributed by atoms with Gasteiger partial charge < -0.3 is 10.3 Å². The quantitative estimate of drug-likeness (QED) is 0.706. The molecule has 2 aromatic carbocycles. The molecule has 1 aliphatic heterocycles. The summed E-state index contributed by atoms with van der Waals surface area (Å²) in [4.78, 5) is 2.36. The predicted octanol–water partition coefficient (Wildman–Crippen LogP) is 5.39. The van der Waals surface area contributed by atoms with Gasteiger partial charge in [0.25, 0.3) is 0 Å². The number of nitrogens with one attached hydrogen (secondary N) is 1. The summed E-state index contributed by atoms with van der Waals surface area (Å²) in [6.07, 6.45) is 8.65. The van der Waals surface area contributed by atoms with Crippen molar-refractivity contribution in [1.29, 1.82) is 5.41 Å². The Morgan fingerprint density at radius 1 is 1.16 bits per heavy atom. The first-order valence-electron chi connectivity index (χ1n) is 9.36. The van der Waals surface area contributed by atoms with Crippen molar-refractivity contribution in [2.24, 2.45) is 0 Å². The van der Waals surface area contributed by atoms with Crippen LogP contribution in [0, 0.1) is 5.41 Å². The van der Waals surface area contributed by atoms with Crippen LogP contribution < -0.4 is 0 Å². The zero-order valence-electron chi connectivity index (χ0n) is 14.9. The molecule has 2 nitrogen and oxygen atoms in total. The van der Waals surface area contributed by atoms with Gasteiger partial charge >= 0.3 is 0 Å². The van der Waals surface area contributed by atoms with Gasteiger partial charge in [-0.2, -0.15) is 0 Å². The highest BCUT2D eigenvalue weighted by atomic mass is 15.1. The van der Waals surface area contributed by atoms with Gasteiger partial charge in [0.1, 0.15) is 0 Å². The summed E-state index contributed by atoms with van der Waals surface area (Å²) in [6, 6.07) is 17.8. The van der Waals surface area contributed by atoms with E-state index in [2.05, 4.69) is 72.6 Å². The molecule has 2 aliphatic rings. The second-order valence-corrected chi connectivity index (χ2v) is 7.54. The van der Waals surface area contributed by atoms with Gasteiger partial charge in [0.05, 0.1) is 0 Å². The molecule has 1 unspecified atom stereocenters. The van der Waals surface area contributed by atoms with Crippen LogP contribution in [-0.2, 0) is 13.0 Å². The summed E-state index contributed by atoms with van der Waals surface area (Å²) >= 11 is 0. The molecule has 25 heavy (non-hydrogen) atoms. The number of fused-ring (bicyclic) bond motifs is 1. The Morgan fingerprint density at radius 3 is 2.84 bits per heavy atom. The molecule has 1 fully saturated rings. The number of hydrogen-bond donors (Lipinski definition) is 1. The van der Waals surface area contributed by atoms with Crippen molar-refractivity contribution in [2.75, 3.05) is 0 Å². The molecule has 0 spiro atoms. The average molecular weight is 330 g/mol. The maximum Gasteiger partial charge on any atom is 0.0433 e. The van der Waals surface area contributed by atoms with Crippen molar-refractivity contribution in [3.05, 3.63) is 77.0 Å². The van der Waals surface area contributed by atoms with E-state index >= 15 is 0 Å². The standard InChI is InChI=1S/C23H26N2/c1-17(25-12-11-19-6-2-3-7-22(19)16-25)13-23(24)15-18-5-4-8-21(14-18)20-9-10-20/h2-8,11-12,14,17,20,24H,9-10,13,15-16H2,1H3. The van der Waals surface area contributed by atoms with Gasteiger partial charge in [-0.25, -0.2) is 0 Å². The van der Waals surface area contributed by atoms with Crippen LogP contribution >= 0.6 is 0 Å². The largest absolute Gasteiger partial charge is 0.370 e. The Balaban J connectivity index is 1.35. The fraction of sp³-hybridized carbons (Fsp3) is 0.348. The molecular weight excluding hydrogens is 304 g/mol. The highest BCUT2D eigenvalue weighted by molar-refractivity contribution is 5.84. The monoisotopic (exact) mass is 330 g/mol. The van der Waals surface area contributed by atoms with Gasteiger partial charge in [0.2, 0.25) is 0 Å². The lowest BCUT2D eigenvalue weighted by molar-refractivity contribution is 0.289. The lowest BCUT2D eigenvalue weighted by Gasteiger charge is -2.31. The van der Waals surface area contributed by atoms with Crippen LogP contribution in [-0.4, -0.2) is 16.7 Å². The van der Waals surface area contributed by atoms with Crippen molar-refractivity contribution in [1.82, 2.24) is 4.90 Å². The first-order valence-corrected chi connectivity index (χ1v) is 9.36. The minimum atomic E-state index is 0.351. The molecule has 0 radical (unpaired) electrons. The Kier molecular flexibility index (Phi) is 4.44. The predicted molar refractivity (Wildman–Crippen MR) is 105 cm³/mol. The average Bonchev–Trinajstić information content (AvgIpc) is 3.46. The highest BCUT2D eigenvalue weighted by Gasteiger charge is 2.23. The number of nitrogens with zero attached hydrogens (tertiary/aromatic N) is 1. The van der Waals surface area contributed by atoms with E-state index in [9.17, 15) is 0 Å². The second kappa shape index (κ2) is 6.87. The first kappa shape index (κ1) is 16.1. The molecule has 1 N–H and O–H groups in total. The van der Waals surface area contributed by atoms with E-state index in [1.165, 1.54) is 35.1 Å². The molecule has 0 saturated heterocycles. The summed E-state index contributed by atoms with van der Waals surface area (Å²) in [5.74, 6) is 0.784. The van der Waals surface area contributed by atoms with Crippen molar-refractivity contribution in [3.63, 3.8) is 0 Å². The van der Waals surface area contributed by atoms with E-state index < -0.39 is 0 Å². The summed E-state index contributed by atoms with van der Waals surface area (Å²) in [5, 5.41) is 8.46. The maximum absolute atomic E-state index is 8.46. The summed E-state index contributed by atoms with van der Waals surface area (Å²) in [6.45, 7) is 3.17. The summed E-state index contributed by atoms with van der Waals surface area (Å²) in [5.41, 5.74) is 6.28. The third kappa shape index (κ3) is 3.84. The maximum atomic E-state index is 8.46. The van der Waals surface area contributed by atoms with Crippen molar-refractivity contribution < 1.29 is 0 Å². The van der Waals surface area contributed by atoms with Crippen LogP contribution in [0.2, 0.25) is 0 Å². The third-order valence-electron chi connectivity index (χ3n) is 5.38. The second-order valence-electron chi connectivity index (χ2n) is 7.54. The van der Waals surface area contributed by atoms with Crippen LogP contribution in [0.15, 0.2) is 54.7 Å². The molecule has 2 aromatic rings. The smallest absolute Gasteiger partial charge is 0.0433 e. The fourth-order valence-corrected chi connectivity index (χ4v) is 3.74. The van der Waals surface area contributed by atoms with Gasteiger partial charge in [-0.3, -0.25) is 0 Å². The zero-order chi connectivity index (χ0) is 17.2. The van der Waals surface area contributed by atoms with E-state index in [4.69, 9.17) is 5.41 Å². The van der Waals surface area contributed by atoms with Gasteiger partial charge in [0.15, 0.2) is 0 Å².